The molecule has 1 aliphatic heterocycles. The van der Waals surface area contributed by atoms with Crippen molar-refractivity contribution >= 4 is 43.6 Å². The third-order valence-electron chi connectivity index (χ3n) is 2.25. The summed E-state index contributed by atoms with van der Waals surface area (Å²) < 4.78 is 7.92. The predicted molar refractivity (Wildman–Crippen MR) is 72.5 cm³/mol. The van der Waals surface area contributed by atoms with Gasteiger partial charge >= 0.3 is 0 Å². The van der Waals surface area contributed by atoms with E-state index < -0.39 is 0 Å². The van der Waals surface area contributed by atoms with Gasteiger partial charge in [-0.1, -0.05) is 43.6 Å². The summed E-state index contributed by atoms with van der Waals surface area (Å²) in [5, 5.41) is 0. The maximum absolute atomic E-state index is 5.86. The van der Waals surface area contributed by atoms with Crippen LogP contribution in [0.5, 0.6) is 11.5 Å². The average molecular weight is 358 g/mol. The van der Waals surface area contributed by atoms with Crippen molar-refractivity contribution in [3.05, 3.63) is 45.3 Å². The molecule has 0 aliphatic carbocycles. The first-order chi connectivity index (χ1) is 7.72. The van der Waals surface area contributed by atoms with E-state index in [0.29, 0.717) is 0 Å². The first-order valence-corrected chi connectivity index (χ1v) is 7.07. The van der Waals surface area contributed by atoms with Crippen LogP contribution in [-0.4, -0.2) is 0 Å². The lowest BCUT2D eigenvalue weighted by Crippen LogP contribution is -1.94. The highest BCUT2D eigenvalue weighted by molar-refractivity contribution is 9.10. The molecule has 4 heteroatoms. The van der Waals surface area contributed by atoms with Crippen molar-refractivity contribution in [2.45, 2.75) is 9.79 Å². The van der Waals surface area contributed by atoms with Gasteiger partial charge in [-0.05, 0) is 36.4 Å². The van der Waals surface area contributed by atoms with Crippen molar-refractivity contribution in [2.75, 3.05) is 0 Å². The van der Waals surface area contributed by atoms with Crippen LogP contribution in [0.4, 0.5) is 0 Å². The summed E-state index contributed by atoms with van der Waals surface area (Å²) in [7, 11) is 0. The Labute approximate surface area is 114 Å². The Kier molecular flexibility index (Phi) is 2.73. The van der Waals surface area contributed by atoms with E-state index in [0.717, 1.165) is 30.2 Å². The normalized spacial score (nSPS) is 12.6. The van der Waals surface area contributed by atoms with Gasteiger partial charge in [0, 0.05) is 8.95 Å². The molecular formula is C12H6Br2OS. The van der Waals surface area contributed by atoms with Crippen molar-refractivity contribution in [1.82, 2.24) is 0 Å². The number of benzene rings is 2. The van der Waals surface area contributed by atoms with Gasteiger partial charge in [-0.2, -0.15) is 0 Å². The zero-order valence-corrected chi connectivity index (χ0v) is 12.0. The maximum atomic E-state index is 5.86. The summed E-state index contributed by atoms with van der Waals surface area (Å²) in [4.78, 5) is 2.30. The molecule has 0 unspecified atom stereocenters. The molecule has 0 bridgehead atoms. The molecule has 0 fully saturated rings. The van der Waals surface area contributed by atoms with Crippen LogP contribution in [0.15, 0.2) is 55.1 Å². The van der Waals surface area contributed by atoms with Gasteiger partial charge in [-0.15, -0.1) is 0 Å². The van der Waals surface area contributed by atoms with Crippen LogP contribution in [0.25, 0.3) is 0 Å². The van der Waals surface area contributed by atoms with E-state index in [9.17, 15) is 0 Å². The highest BCUT2D eigenvalue weighted by Gasteiger charge is 2.17. The molecule has 0 amide bonds. The number of hydrogen-bond acceptors (Lipinski definition) is 2. The Morgan fingerprint density at radius 3 is 1.81 bits per heavy atom. The quantitative estimate of drug-likeness (QED) is 0.527. The van der Waals surface area contributed by atoms with Crippen LogP contribution >= 0.6 is 43.6 Å². The lowest BCUT2D eigenvalue weighted by Gasteiger charge is -2.19. The first kappa shape index (κ1) is 10.7. The van der Waals surface area contributed by atoms with Crippen molar-refractivity contribution in [1.29, 1.82) is 0 Å². The van der Waals surface area contributed by atoms with Crippen molar-refractivity contribution < 1.29 is 4.74 Å². The monoisotopic (exact) mass is 356 g/mol. The minimum atomic E-state index is 0.907. The third kappa shape index (κ3) is 1.90. The molecule has 0 radical (unpaired) electrons. The highest BCUT2D eigenvalue weighted by Crippen LogP contribution is 2.48. The lowest BCUT2D eigenvalue weighted by molar-refractivity contribution is 0.454. The molecule has 0 spiro atoms. The van der Waals surface area contributed by atoms with E-state index in [4.69, 9.17) is 4.74 Å². The minimum Gasteiger partial charge on any atom is -0.455 e. The molecule has 0 saturated heterocycles. The molecule has 1 nitrogen and oxygen atoms in total. The van der Waals surface area contributed by atoms with Crippen LogP contribution in [0, 0.1) is 0 Å². The first-order valence-electron chi connectivity index (χ1n) is 4.67. The van der Waals surface area contributed by atoms with Crippen LogP contribution in [0.2, 0.25) is 0 Å². The molecule has 0 N–H and O–H groups in total. The number of ether oxygens (including phenoxy) is 1. The van der Waals surface area contributed by atoms with Gasteiger partial charge in [-0.25, -0.2) is 0 Å². The van der Waals surface area contributed by atoms with E-state index in [2.05, 4.69) is 44.0 Å². The van der Waals surface area contributed by atoms with Gasteiger partial charge in [0.05, 0.1) is 9.79 Å². The SMILES string of the molecule is Brc1ccc2c(c1)Oc1cc(Br)ccc1S2. The fourth-order valence-electron chi connectivity index (χ4n) is 1.53. The van der Waals surface area contributed by atoms with E-state index in [1.807, 2.05) is 24.3 Å². The second-order valence-electron chi connectivity index (χ2n) is 3.39. The minimum absolute atomic E-state index is 0.907. The van der Waals surface area contributed by atoms with E-state index in [-0.39, 0.29) is 0 Å². The molecule has 80 valence electrons. The summed E-state index contributed by atoms with van der Waals surface area (Å²) in [5.74, 6) is 1.81. The van der Waals surface area contributed by atoms with Gasteiger partial charge in [-0.3, -0.25) is 0 Å². The number of hydrogen-bond donors (Lipinski definition) is 0. The molecule has 2 aromatic rings. The number of rotatable bonds is 0. The van der Waals surface area contributed by atoms with Gasteiger partial charge in [0.25, 0.3) is 0 Å². The molecule has 1 aliphatic rings. The van der Waals surface area contributed by atoms with Crippen molar-refractivity contribution in [2.24, 2.45) is 0 Å². The molecule has 3 rings (SSSR count). The zero-order valence-electron chi connectivity index (χ0n) is 8.04. The van der Waals surface area contributed by atoms with Gasteiger partial charge in [0.15, 0.2) is 0 Å². The topological polar surface area (TPSA) is 9.23 Å². The molecule has 0 atom stereocenters. The molecule has 1 heterocycles. The van der Waals surface area contributed by atoms with Crippen molar-refractivity contribution in [3.63, 3.8) is 0 Å². The Balaban J connectivity index is 2.10. The fourth-order valence-corrected chi connectivity index (χ4v) is 3.12. The van der Waals surface area contributed by atoms with Gasteiger partial charge < -0.3 is 4.74 Å². The summed E-state index contributed by atoms with van der Waals surface area (Å²) in [6.45, 7) is 0. The Morgan fingerprint density at radius 1 is 0.812 bits per heavy atom. The molecular weight excluding hydrogens is 352 g/mol. The van der Waals surface area contributed by atoms with Crippen LogP contribution in [-0.2, 0) is 0 Å². The molecule has 2 aromatic carbocycles. The molecule has 16 heavy (non-hydrogen) atoms. The highest BCUT2D eigenvalue weighted by atomic mass is 79.9. The summed E-state index contributed by atoms with van der Waals surface area (Å²) in [6, 6.07) is 12.2. The Morgan fingerprint density at radius 2 is 1.31 bits per heavy atom. The maximum Gasteiger partial charge on any atom is 0.142 e. The van der Waals surface area contributed by atoms with Gasteiger partial charge in [0.2, 0.25) is 0 Å². The summed E-state index contributed by atoms with van der Waals surface area (Å²) in [5.41, 5.74) is 0. The second kappa shape index (κ2) is 4.09. The smallest absolute Gasteiger partial charge is 0.142 e. The fraction of sp³-hybridized carbons (Fsp3) is 0. The summed E-state index contributed by atoms with van der Waals surface area (Å²) in [6.07, 6.45) is 0. The Bertz CT molecular complexity index is 519. The van der Waals surface area contributed by atoms with Crippen LogP contribution in [0.1, 0.15) is 0 Å². The van der Waals surface area contributed by atoms with E-state index >= 15 is 0 Å². The standard InChI is InChI=1S/C12H6Br2OS/c13-7-1-3-11-9(5-7)15-10-6-8(14)2-4-12(10)16-11/h1-6H. The average Bonchev–Trinajstić information content (AvgIpc) is 2.26. The van der Waals surface area contributed by atoms with Crippen LogP contribution in [0.3, 0.4) is 0 Å². The Hall–Kier alpha value is -0.450. The molecule has 0 saturated carbocycles. The number of fused-ring (bicyclic) bond motifs is 2. The molecule has 0 aromatic heterocycles. The largest absolute Gasteiger partial charge is 0.455 e. The number of halogens is 2. The third-order valence-corrected chi connectivity index (χ3v) is 4.35. The zero-order chi connectivity index (χ0) is 11.1. The van der Waals surface area contributed by atoms with Gasteiger partial charge in [0.1, 0.15) is 11.5 Å². The predicted octanol–water partition coefficient (Wildman–Crippen LogP) is 5.47. The summed E-state index contributed by atoms with van der Waals surface area (Å²) >= 11 is 8.63. The van der Waals surface area contributed by atoms with Crippen molar-refractivity contribution in [3.8, 4) is 11.5 Å². The van der Waals surface area contributed by atoms with E-state index in [1.54, 1.807) is 11.8 Å². The van der Waals surface area contributed by atoms with Crippen LogP contribution < -0.4 is 4.74 Å². The van der Waals surface area contributed by atoms with E-state index in [1.165, 1.54) is 0 Å². The lowest BCUT2D eigenvalue weighted by atomic mass is 10.3. The second-order valence-corrected chi connectivity index (χ2v) is 6.30.